The predicted octanol–water partition coefficient (Wildman–Crippen LogP) is 1.23. The first-order valence-corrected chi connectivity index (χ1v) is 6.38. The van der Waals surface area contributed by atoms with Crippen LogP contribution in [0.25, 0.3) is 0 Å². The van der Waals surface area contributed by atoms with Gasteiger partial charge in [0.15, 0.2) is 5.82 Å². The molecule has 1 aliphatic heterocycles. The highest BCUT2D eigenvalue weighted by Gasteiger charge is 2.23. The Morgan fingerprint density at radius 3 is 3.00 bits per heavy atom. The third-order valence-corrected chi connectivity index (χ3v) is 3.21. The summed E-state index contributed by atoms with van der Waals surface area (Å²) in [7, 11) is 2.01. The van der Waals surface area contributed by atoms with E-state index in [0.29, 0.717) is 5.92 Å². The van der Waals surface area contributed by atoms with Crippen molar-refractivity contribution in [1.29, 1.82) is 0 Å². The van der Waals surface area contributed by atoms with Crippen LogP contribution in [0.1, 0.15) is 37.9 Å². The third-order valence-electron chi connectivity index (χ3n) is 3.21. The summed E-state index contributed by atoms with van der Waals surface area (Å²) in [4.78, 5) is 6.81. The van der Waals surface area contributed by atoms with Crippen LogP contribution >= 0.6 is 0 Å². The molecule has 1 aliphatic rings. The van der Waals surface area contributed by atoms with E-state index < -0.39 is 0 Å². The van der Waals surface area contributed by atoms with Gasteiger partial charge >= 0.3 is 0 Å². The Bertz CT molecular complexity index is 350. The van der Waals surface area contributed by atoms with Crippen LogP contribution < -0.4 is 5.32 Å². The minimum Gasteiger partial charge on any atom is -0.339 e. The normalized spacial score (nSPS) is 21.5. The number of rotatable bonds is 5. The zero-order chi connectivity index (χ0) is 12.3. The summed E-state index contributed by atoms with van der Waals surface area (Å²) < 4.78 is 5.21. The highest BCUT2D eigenvalue weighted by molar-refractivity contribution is 4.91. The number of nitrogens with zero attached hydrogens (tertiary/aromatic N) is 3. The lowest BCUT2D eigenvalue weighted by atomic mass is 10.1. The van der Waals surface area contributed by atoms with Crippen LogP contribution in [-0.2, 0) is 6.54 Å². The molecule has 0 radical (unpaired) electrons. The van der Waals surface area contributed by atoms with Gasteiger partial charge in [-0.2, -0.15) is 4.98 Å². The summed E-state index contributed by atoms with van der Waals surface area (Å²) in [5, 5.41) is 7.27. The van der Waals surface area contributed by atoms with Crippen LogP contribution in [0.15, 0.2) is 4.52 Å². The molecule has 0 aromatic carbocycles. The average molecular weight is 238 g/mol. The molecule has 0 spiro atoms. The van der Waals surface area contributed by atoms with Crippen LogP contribution in [0.4, 0.5) is 0 Å². The van der Waals surface area contributed by atoms with Gasteiger partial charge in [0.25, 0.3) is 0 Å². The molecule has 1 aromatic rings. The molecule has 96 valence electrons. The maximum atomic E-state index is 5.21. The fraction of sp³-hybridized carbons (Fsp3) is 0.833. The van der Waals surface area contributed by atoms with Crippen molar-refractivity contribution in [3.8, 4) is 0 Å². The lowest BCUT2D eigenvalue weighted by Crippen LogP contribution is -2.24. The molecular formula is C12H22N4O. The molecular weight excluding hydrogens is 216 g/mol. The zero-order valence-corrected chi connectivity index (χ0v) is 10.9. The molecule has 5 heteroatoms. The van der Waals surface area contributed by atoms with E-state index in [1.54, 1.807) is 0 Å². The van der Waals surface area contributed by atoms with E-state index in [4.69, 9.17) is 4.52 Å². The van der Waals surface area contributed by atoms with Gasteiger partial charge in [-0.05, 0) is 32.5 Å². The summed E-state index contributed by atoms with van der Waals surface area (Å²) in [6.07, 6.45) is 1.26. The van der Waals surface area contributed by atoms with Gasteiger partial charge in [-0.1, -0.05) is 19.0 Å². The minimum absolute atomic E-state index is 0.312. The molecule has 2 rings (SSSR count). The van der Waals surface area contributed by atoms with Crippen LogP contribution in [0, 0.1) is 5.92 Å². The van der Waals surface area contributed by atoms with Crippen molar-refractivity contribution < 1.29 is 4.52 Å². The van der Waals surface area contributed by atoms with Crippen molar-refractivity contribution in [2.45, 2.75) is 32.7 Å². The average Bonchev–Trinajstić information content (AvgIpc) is 2.89. The lowest BCUT2D eigenvalue weighted by Gasteiger charge is -2.13. The zero-order valence-electron chi connectivity index (χ0n) is 10.9. The minimum atomic E-state index is 0.312. The highest BCUT2D eigenvalue weighted by Crippen LogP contribution is 2.18. The van der Waals surface area contributed by atoms with E-state index in [0.717, 1.165) is 43.8 Å². The summed E-state index contributed by atoms with van der Waals surface area (Å²) >= 11 is 0. The standard InChI is InChI=1S/C12H22N4O/c1-9(2)12-14-11(15-17-12)8-16-5-4-10(7-16)6-13-3/h9-10,13H,4-8H2,1-3H3. The van der Waals surface area contributed by atoms with Crippen molar-refractivity contribution in [3.05, 3.63) is 11.7 Å². The van der Waals surface area contributed by atoms with E-state index in [2.05, 4.69) is 34.2 Å². The maximum Gasteiger partial charge on any atom is 0.229 e. The van der Waals surface area contributed by atoms with Crippen LogP contribution in [-0.4, -0.2) is 41.7 Å². The van der Waals surface area contributed by atoms with Gasteiger partial charge < -0.3 is 9.84 Å². The summed E-state index contributed by atoms with van der Waals surface area (Å²) in [6, 6.07) is 0. The Morgan fingerprint density at radius 1 is 1.53 bits per heavy atom. The monoisotopic (exact) mass is 238 g/mol. The Labute approximate surface area is 103 Å². The quantitative estimate of drug-likeness (QED) is 0.836. The van der Waals surface area contributed by atoms with Crippen molar-refractivity contribution in [2.24, 2.45) is 5.92 Å². The lowest BCUT2D eigenvalue weighted by molar-refractivity contribution is 0.296. The van der Waals surface area contributed by atoms with Crippen molar-refractivity contribution >= 4 is 0 Å². The van der Waals surface area contributed by atoms with Crippen molar-refractivity contribution in [2.75, 3.05) is 26.7 Å². The first-order chi connectivity index (χ1) is 8.19. The summed E-state index contributed by atoms with van der Waals surface area (Å²) in [5.41, 5.74) is 0. The van der Waals surface area contributed by atoms with Gasteiger partial charge in [-0.3, -0.25) is 4.90 Å². The molecule has 0 aliphatic carbocycles. The Kier molecular flexibility index (Phi) is 4.12. The fourth-order valence-corrected chi connectivity index (χ4v) is 2.28. The Morgan fingerprint density at radius 2 is 2.35 bits per heavy atom. The topological polar surface area (TPSA) is 54.2 Å². The van der Waals surface area contributed by atoms with Gasteiger partial charge in [-0.15, -0.1) is 0 Å². The largest absolute Gasteiger partial charge is 0.339 e. The van der Waals surface area contributed by atoms with Crippen molar-refractivity contribution in [1.82, 2.24) is 20.4 Å². The van der Waals surface area contributed by atoms with Crippen LogP contribution in [0.5, 0.6) is 0 Å². The Hall–Kier alpha value is -0.940. The predicted molar refractivity (Wildman–Crippen MR) is 65.7 cm³/mol. The third kappa shape index (κ3) is 3.26. The van der Waals surface area contributed by atoms with Gasteiger partial charge in [0, 0.05) is 12.5 Å². The van der Waals surface area contributed by atoms with Crippen molar-refractivity contribution in [3.63, 3.8) is 0 Å². The van der Waals surface area contributed by atoms with Gasteiger partial charge in [0.05, 0.1) is 6.54 Å². The number of hydrogen-bond acceptors (Lipinski definition) is 5. The van der Waals surface area contributed by atoms with E-state index >= 15 is 0 Å². The van der Waals surface area contributed by atoms with E-state index in [9.17, 15) is 0 Å². The molecule has 1 fully saturated rings. The van der Waals surface area contributed by atoms with Gasteiger partial charge in [0.1, 0.15) is 0 Å². The SMILES string of the molecule is CNCC1CCN(Cc2noc(C(C)C)n2)C1. The number of nitrogens with one attached hydrogen (secondary N) is 1. The second-order valence-electron chi connectivity index (χ2n) is 5.15. The molecule has 1 aromatic heterocycles. The molecule has 1 saturated heterocycles. The molecule has 1 atom stereocenters. The second-order valence-corrected chi connectivity index (χ2v) is 5.15. The molecule has 1 unspecified atom stereocenters. The number of aromatic nitrogens is 2. The van der Waals surface area contributed by atoms with E-state index in [1.807, 2.05) is 7.05 Å². The summed E-state index contributed by atoms with van der Waals surface area (Å²) in [5.74, 6) is 2.63. The van der Waals surface area contributed by atoms with Gasteiger partial charge in [-0.25, -0.2) is 0 Å². The fourth-order valence-electron chi connectivity index (χ4n) is 2.28. The van der Waals surface area contributed by atoms with E-state index in [-0.39, 0.29) is 0 Å². The molecule has 2 heterocycles. The molecule has 0 amide bonds. The first kappa shape index (κ1) is 12.5. The smallest absolute Gasteiger partial charge is 0.229 e. The number of hydrogen-bond donors (Lipinski definition) is 1. The number of likely N-dealkylation sites (tertiary alicyclic amines) is 1. The maximum absolute atomic E-state index is 5.21. The molecule has 0 bridgehead atoms. The first-order valence-electron chi connectivity index (χ1n) is 6.38. The summed E-state index contributed by atoms with van der Waals surface area (Å²) in [6.45, 7) is 8.31. The second kappa shape index (κ2) is 5.60. The highest BCUT2D eigenvalue weighted by atomic mass is 16.5. The van der Waals surface area contributed by atoms with Gasteiger partial charge in [0.2, 0.25) is 5.89 Å². The van der Waals surface area contributed by atoms with Crippen LogP contribution in [0.2, 0.25) is 0 Å². The van der Waals surface area contributed by atoms with Crippen LogP contribution in [0.3, 0.4) is 0 Å². The van der Waals surface area contributed by atoms with E-state index in [1.165, 1.54) is 6.42 Å². The molecule has 1 N–H and O–H groups in total. The molecule has 0 saturated carbocycles. The Balaban J connectivity index is 1.85. The molecule has 17 heavy (non-hydrogen) atoms. The molecule has 5 nitrogen and oxygen atoms in total.